The summed E-state index contributed by atoms with van der Waals surface area (Å²) in [7, 11) is 2.80. The molecule has 0 aromatic carbocycles. The van der Waals surface area contributed by atoms with E-state index in [1.807, 2.05) is 11.5 Å². The summed E-state index contributed by atoms with van der Waals surface area (Å²) < 4.78 is 12.6. The third kappa shape index (κ3) is 2.97. The second kappa shape index (κ2) is 7.35. The molecule has 1 aromatic rings. The van der Waals surface area contributed by atoms with Crippen molar-refractivity contribution >= 4 is 23.1 Å². The molecule has 1 aromatic heterocycles. The second-order valence-electron chi connectivity index (χ2n) is 7.47. The standard InChI is InChI=1S/C20H28N4O4/c1-10(2)23-9-11(3)24-15(12(4)20(26)28-6)14(19(25)22-21)18(27-5)17(24)16(23)13-7-8-13/h10-11H,4,7-9,21H2,1-3,5-6H3,(H,22,25)/t11-/m0/s1. The van der Waals surface area contributed by atoms with Crippen LogP contribution in [0, 0.1) is 0 Å². The summed E-state index contributed by atoms with van der Waals surface area (Å²) in [6.07, 6.45) is 2.01. The maximum atomic E-state index is 12.7. The molecule has 152 valence electrons. The molecule has 2 heterocycles. The van der Waals surface area contributed by atoms with E-state index in [-0.39, 0.29) is 23.2 Å². The Bertz CT molecular complexity index is 875. The number of aromatic nitrogens is 1. The van der Waals surface area contributed by atoms with Gasteiger partial charge in [-0.25, -0.2) is 10.6 Å². The van der Waals surface area contributed by atoms with Crippen molar-refractivity contribution in [3.63, 3.8) is 0 Å². The maximum Gasteiger partial charge on any atom is 0.339 e. The van der Waals surface area contributed by atoms with Crippen LogP contribution in [0.1, 0.15) is 61.4 Å². The first-order chi connectivity index (χ1) is 13.3. The summed E-state index contributed by atoms with van der Waals surface area (Å²) in [5.74, 6) is 4.70. The van der Waals surface area contributed by atoms with Gasteiger partial charge in [0.15, 0.2) is 5.75 Å². The molecule has 28 heavy (non-hydrogen) atoms. The fourth-order valence-electron chi connectivity index (χ4n) is 3.96. The highest BCUT2D eigenvalue weighted by Crippen LogP contribution is 2.49. The van der Waals surface area contributed by atoms with Gasteiger partial charge in [-0.1, -0.05) is 6.58 Å². The quantitative estimate of drug-likeness (QED) is 0.263. The molecular formula is C20H28N4O4. The lowest BCUT2D eigenvalue weighted by atomic mass is 10.1. The summed E-state index contributed by atoms with van der Waals surface area (Å²) in [5.41, 5.74) is 6.02. The predicted octanol–water partition coefficient (Wildman–Crippen LogP) is 2.08. The van der Waals surface area contributed by atoms with E-state index in [0.717, 1.165) is 30.8 Å². The van der Waals surface area contributed by atoms with Gasteiger partial charge in [0.25, 0.3) is 5.91 Å². The van der Waals surface area contributed by atoms with Crippen LogP contribution in [-0.2, 0) is 9.53 Å². The highest BCUT2D eigenvalue weighted by atomic mass is 16.5. The third-order valence-corrected chi connectivity index (χ3v) is 5.31. The molecule has 3 N–H and O–H groups in total. The lowest BCUT2D eigenvalue weighted by molar-refractivity contribution is -0.133. The number of carbonyl (C=O) groups excluding carboxylic acids is 2. The van der Waals surface area contributed by atoms with Gasteiger partial charge < -0.3 is 18.9 Å². The maximum absolute atomic E-state index is 12.7. The van der Waals surface area contributed by atoms with Crippen LogP contribution in [-0.4, -0.2) is 48.1 Å². The average Bonchev–Trinajstić information content (AvgIpc) is 3.45. The fourth-order valence-corrected chi connectivity index (χ4v) is 3.96. The highest BCUT2D eigenvalue weighted by Gasteiger charge is 2.41. The van der Waals surface area contributed by atoms with E-state index in [9.17, 15) is 9.59 Å². The SMILES string of the molecule is C=C(C(=O)OC)c1c(C(=O)NN)c(OC)c2n1[C@@H](C)CN(C(C)C)C2=C1CC1. The summed E-state index contributed by atoms with van der Waals surface area (Å²) >= 11 is 0. The molecule has 8 heteroatoms. The van der Waals surface area contributed by atoms with Crippen molar-refractivity contribution in [1.29, 1.82) is 0 Å². The van der Waals surface area contributed by atoms with E-state index in [0.29, 0.717) is 11.4 Å². The average molecular weight is 388 g/mol. The number of fused-ring (bicyclic) bond motifs is 1. The smallest absolute Gasteiger partial charge is 0.339 e. The minimum Gasteiger partial charge on any atom is -0.494 e. The Kier molecular flexibility index (Phi) is 5.25. The topological polar surface area (TPSA) is 98.8 Å². The molecule has 1 amide bonds. The largest absolute Gasteiger partial charge is 0.494 e. The molecule has 0 radical (unpaired) electrons. The van der Waals surface area contributed by atoms with Crippen LogP contribution in [0.5, 0.6) is 5.75 Å². The molecule has 1 fully saturated rings. The van der Waals surface area contributed by atoms with E-state index in [4.69, 9.17) is 15.3 Å². The van der Waals surface area contributed by atoms with Gasteiger partial charge in [0, 0.05) is 18.6 Å². The first-order valence-electron chi connectivity index (χ1n) is 9.38. The third-order valence-electron chi connectivity index (χ3n) is 5.31. The summed E-state index contributed by atoms with van der Waals surface area (Å²) in [6.45, 7) is 11.0. The van der Waals surface area contributed by atoms with Crippen molar-refractivity contribution in [3.05, 3.63) is 29.1 Å². The molecule has 0 bridgehead atoms. The van der Waals surface area contributed by atoms with Crippen molar-refractivity contribution in [3.8, 4) is 5.75 Å². The van der Waals surface area contributed by atoms with Crippen LogP contribution in [0.4, 0.5) is 0 Å². The van der Waals surface area contributed by atoms with E-state index < -0.39 is 11.9 Å². The Labute approximate surface area is 164 Å². The highest BCUT2D eigenvalue weighted by molar-refractivity contribution is 6.19. The summed E-state index contributed by atoms with van der Waals surface area (Å²) in [6, 6.07) is 0.253. The molecule has 3 rings (SSSR count). The molecule has 1 atom stereocenters. The molecule has 0 saturated heterocycles. The zero-order valence-corrected chi connectivity index (χ0v) is 17.1. The molecule has 0 unspecified atom stereocenters. The van der Waals surface area contributed by atoms with Gasteiger partial charge in [-0.05, 0) is 39.2 Å². The number of carbonyl (C=O) groups is 2. The summed E-state index contributed by atoms with van der Waals surface area (Å²) in [5, 5.41) is 0. The van der Waals surface area contributed by atoms with Gasteiger partial charge in [0.05, 0.1) is 31.2 Å². The van der Waals surface area contributed by atoms with E-state index in [1.54, 1.807) is 0 Å². The van der Waals surface area contributed by atoms with Gasteiger partial charge in [-0.2, -0.15) is 0 Å². The molecule has 1 aliphatic heterocycles. The van der Waals surface area contributed by atoms with Gasteiger partial charge in [-0.15, -0.1) is 0 Å². The van der Waals surface area contributed by atoms with Gasteiger partial charge in [-0.3, -0.25) is 10.2 Å². The number of ether oxygens (including phenoxy) is 2. The molecule has 2 aliphatic rings. The number of nitrogens with one attached hydrogen (secondary N) is 1. The van der Waals surface area contributed by atoms with Crippen molar-refractivity contribution in [2.75, 3.05) is 20.8 Å². The number of hydrogen-bond acceptors (Lipinski definition) is 6. The number of nitrogens with zero attached hydrogens (tertiary/aromatic N) is 2. The van der Waals surface area contributed by atoms with Crippen LogP contribution < -0.4 is 16.0 Å². The number of amides is 1. The number of esters is 1. The normalized spacial score (nSPS) is 18.1. The Morgan fingerprint density at radius 1 is 1.29 bits per heavy atom. The van der Waals surface area contributed by atoms with Gasteiger partial charge in [0.1, 0.15) is 11.3 Å². The van der Waals surface area contributed by atoms with Crippen LogP contribution in [0.2, 0.25) is 0 Å². The summed E-state index contributed by atoms with van der Waals surface area (Å²) in [4.78, 5) is 27.3. The second-order valence-corrected chi connectivity index (χ2v) is 7.47. The monoisotopic (exact) mass is 388 g/mol. The lowest BCUT2D eigenvalue weighted by Crippen LogP contribution is -2.40. The number of methoxy groups -OCH3 is 2. The van der Waals surface area contributed by atoms with E-state index in [2.05, 4.69) is 30.8 Å². The van der Waals surface area contributed by atoms with Crippen molar-refractivity contribution in [2.45, 2.75) is 45.7 Å². The van der Waals surface area contributed by atoms with E-state index in [1.165, 1.54) is 19.8 Å². The molecule has 0 spiro atoms. The zero-order chi connectivity index (χ0) is 20.7. The Balaban J connectivity index is 2.39. The van der Waals surface area contributed by atoms with Crippen LogP contribution in [0.3, 0.4) is 0 Å². The number of nitrogens with two attached hydrogens (primary N) is 1. The fraction of sp³-hybridized carbons (Fsp3) is 0.500. The Morgan fingerprint density at radius 2 is 1.93 bits per heavy atom. The first-order valence-corrected chi connectivity index (χ1v) is 9.38. The molecule has 1 aliphatic carbocycles. The van der Waals surface area contributed by atoms with Crippen molar-refractivity contribution in [2.24, 2.45) is 5.84 Å². The lowest BCUT2D eigenvalue weighted by Gasteiger charge is -2.40. The van der Waals surface area contributed by atoms with Crippen molar-refractivity contribution < 1.29 is 19.1 Å². The molecular weight excluding hydrogens is 360 g/mol. The van der Waals surface area contributed by atoms with Crippen LogP contribution in [0.25, 0.3) is 11.3 Å². The molecule has 1 saturated carbocycles. The van der Waals surface area contributed by atoms with Gasteiger partial charge >= 0.3 is 5.97 Å². The number of allylic oxidation sites excluding steroid dienone is 1. The van der Waals surface area contributed by atoms with Crippen LogP contribution in [0.15, 0.2) is 12.2 Å². The minimum atomic E-state index is -0.604. The Hall–Kier alpha value is -2.74. The van der Waals surface area contributed by atoms with Crippen LogP contribution >= 0.6 is 0 Å². The number of hydrogen-bond donors (Lipinski definition) is 2. The number of hydrazine groups is 1. The molecule has 8 nitrogen and oxygen atoms in total. The predicted molar refractivity (Wildman–Crippen MR) is 106 cm³/mol. The minimum absolute atomic E-state index is 0.0230. The number of rotatable bonds is 5. The Morgan fingerprint density at radius 3 is 2.39 bits per heavy atom. The zero-order valence-electron chi connectivity index (χ0n) is 17.1. The number of nitrogen functional groups attached to an aromatic ring is 1. The van der Waals surface area contributed by atoms with E-state index >= 15 is 0 Å². The first kappa shape index (κ1) is 20.0. The van der Waals surface area contributed by atoms with Gasteiger partial charge in [0.2, 0.25) is 0 Å². The van der Waals surface area contributed by atoms with Crippen molar-refractivity contribution in [1.82, 2.24) is 14.9 Å².